The molecule has 0 aliphatic carbocycles. The van der Waals surface area contributed by atoms with E-state index >= 15 is 0 Å². The van der Waals surface area contributed by atoms with Gasteiger partial charge in [0, 0.05) is 107 Å². The van der Waals surface area contributed by atoms with E-state index in [1.54, 1.807) is 0 Å². The lowest BCUT2D eigenvalue weighted by atomic mass is 9.98. The molecule has 12 aromatic rings. The third-order valence-electron chi connectivity index (χ3n) is 24.8. The minimum absolute atomic E-state index is 0.358. The number of rotatable bonds is 41. The highest BCUT2D eigenvalue weighted by molar-refractivity contribution is 7.88. The van der Waals surface area contributed by atoms with Gasteiger partial charge in [0.1, 0.15) is 51.7 Å². The Bertz CT molecular complexity index is 6820. The maximum atomic E-state index is 14.0. The first-order valence-electron chi connectivity index (χ1n) is 49.4. The Labute approximate surface area is 820 Å². The molecule has 730 valence electrons. The van der Waals surface area contributed by atoms with Crippen molar-refractivity contribution in [3.05, 3.63) is 221 Å². The second-order valence-corrected chi connectivity index (χ2v) is 41.5. The molecular weight excluding hydrogens is 1780 g/mol. The average molecular weight is 1910 g/mol. The summed E-state index contributed by atoms with van der Waals surface area (Å²) < 4.78 is 125. The van der Waals surface area contributed by atoms with Crippen LogP contribution in [0, 0.1) is 47.3 Å². The van der Waals surface area contributed by atoms with Gasteiger partial charge < -0.3 is 62.0 Å². The molecule has 4 aliphatic heterocycles. The van der Waals surface area contributed by atoms with Crippen LogP contribution in [0.25, 0.3) is 171 Å². The molecular formula is C117H129F3N8O11S. The smallest absolute Gasteiger partial charge is 0.493 e. The first-order valence-corrected chi connectivity index (χ1v) is 50.8. The van der Waals surface area contributed by atoms with Gasteiger partial charge >= 0.3 is 15.6 Å². The molecule has 16 bridgehead atoms. The molecule has 23 heteroatoms. The van der Waals surface area contributed by atoms with E-state index in [1.165, 1.54) is 24.3 Å². The summed E-state index contributed by atoms with van der Waals surface area (Å²) in [6.45, 7) is 38.8. The zero-order valence-corrected chi connectivity index (χ0v) is 83.9. The minimum atomic E-state index is -6.03. The van der Waals surface area contributed by atoms with Gasteiger partial charge in [0.25, 0.3) is 0 Å². The molecule has 10 heterocycles. The average Bonchev–Trinajstić information content (AvgIpc) is 1.25. The fourth-order valence-electron chi connectivity index (χ4n) is 17.0. The largest absolute Gasteiger partial charge is 0.534 e. The SMILES string of the molecule is CC(C)CCOc1cc(OCCC(C)C)cc(-c2c3nc(c(-c4ccc(-c5c6nc(c(-c7cc(OCCC(C)C)cc(OCCC(C)C)c7)c7ccc([nH]7)c(-c7ccc(OS(=O)(=O)C(F)(F)F)cc7)c7nc(c(-c8cc(OCCC(C)C)cc(OCCC(C)C)c8)c8ccc5[nH]8)C=C7)C=C6)cc4)c4ccc([nH]4)c(-c4cc(OCCC(C)C)cc(OCCC(C)C)c4)c4nc(cc5ccc2[nH]5)C=C4)C=C3)c1. The number of aromatic nitrogens is 8. The van der Waals surface area contributed by atoms with E-state index in [0.717, 1.165) is 140 Å². The third-order valence-corrected chi connectivity index (χ3v) is 25.8. The molecule has 19 nitrogen and oxygen atoms in total. The molecule has 0 atom stereocenters. The predicted molar refractivity (Wildman–Crippen MR) is 565 cm³/mol. The van der Waals surface area contributed by atoms with E-state index in [-0.39, 0.29) is 0 Å². The number of aromatic amines is 4. The van der Waals surface area contributed by atoms with Crippen molar-refractivity contribution in [2.45, 2.75) is 168 Å². The minimum Gasteiger partial charge on any atom is -0.493 e. The van der Waals surface area contributed by atoms with Crippen molar-refractivity contribution in [1.29, 1.82) is 0 Å². The fourth-order valence-corrected chi connectivity index (χ4v) is 17.4. The van der Waals surface area contributed by atoms with Crippen LogP contribution in [0.1, 0.15) is 208 Å². The molecule has 0 saturated carbocycles. The molecule has 4 aliphatic rings. The van der Waals surface area contributed by atoms with Gasteiger partial charge in [0.05, 0.1) is 98.4 Å². The highest BCUT2D eigenvalue weighted by atomic mass is 32.2. The number of hydrogen-bond donors (Lipinski definition) is 4. The number of alkyl halides is 3. The van der Waals surface area contributed by atoms with Crippen LogP contribution in [0.15, 0.2) is 176 Å². The van der Waals surface area contributed by atoms with Gasteiger partial charge in [-0.15, -0.1) is 0 Å². The number of benzene rings is 6. The molecule has 6 aromatic heterocycles. The number of H-pyrrole nitrogens is 4. The van der Waals surface area contributed by atoms with Gasteiger partial charge in [-0.2, -0.15) is 21.6 Å². The predicted octanol–water partition coefficient (Wildman–Crippen LogP) is 30.9. The van der Waals surface area contributed by atoms with Crippen LogP contribution >= 0.6 is 0 Å². The number of nitrogens with zero attached hydrogens (tertiary/aromatic N) is 4. The van der Waals surface area contributed by atoms with Crippen molar-refractivity contribution < 1.29 is 63.7 Å². The summed E-state index contributed by atoms with van der Waals surface area (Å²) in [5.41, 5.74) is 15.6. The van der Waals surface area contributed by atoms with Crippen LogP contribution in [0.5, 0.6) is 51.7 Å². The number of ether oxygens (including phenoxy) is 8. The number of halogens is 3. The molecule has 4 N–H and O–H groups in total. The maximum absolute atomic E-state index is 14.0. The first kappa shape index (κ1) is 99.5. The Morgan fingerprint density at radius 3 is 0.686 bits per heavy atom. The van der Waals surface area contributed by atoms with Gasteiger partial charge in [-0.25, -0.2) is 19.9 Å². The zero-order chi connectivity index (χ0) is 98.6. The van der Waals surface area contributed by atoms with Crippen molar-refractivity contribution in [3.8, 4) is 130 Å². The Morgan fingerprint density at radius 1 is 0.243 bits per heavy atom. The summed E-state index contributed by atoms with van der Waals surface area (Å²) in [4.78, 5) is 38.3. The van der Waals surface area contributed by atoms with Crippen molar-refractivity contribution in [3.63, 3.8) is 0 Å². The quantitative estimate of drug-likeness (QED) is 0.0206. The lowest BCUT2D eigenvalue weighted by Crippen LogP contribution is -2.28. The molecule has 0 radical (unpaired) electrons. The van der Waals surface area contributed by atoms with Crippen molar-refractivity contribution >= 4 is 103 Å². The van der Waals surface area contributed by atoms with Crippen LogP contribution < -0.4 is 42.1 Å². The Balaban J connectivity index is 0.976. The molecule has 16 rings (SSSR count). The topological polar surface area (TPSA) is 232 Å². The number of hydrogen-bond acceptors (Lipinski definition) is 15. The van der Waals surface area contributed by atoms with Crippen LogP contribution in [0.2, 0.25) is 0 Å². The highest BCUT2D eigenvalue weighted by Gasteiger charge is 2.48. The second kappa shape index (κ2) is 44.3. The van der Waals surface area contributed by atoms with Crippen LogP contribution in [-0.2, 0) is 10.1 Å². The van der Waals surface area contributed by atoms with Crippen molar-refractivity contribution in [2.75, 3.05) is 52.9 Å². The molecule has 6 aromatic carbocycles. The number of nitrogens with one attached hydrogen (secondary N) is 4. The van der Waals surface area contributed by atoms with Crippen LogP contribution in [-0.4, -0.2) is 107 Å². The standard InChI is InChI=1S/C117H129F3N8O11S/c1-70(2)41-49-131-88-57-81(58-89(66-88)132-50-42-71(3)4)113-96-27-23-85(121-96)65-86-24-28-97(122-86)114(82-59-90(133-51-43-72(5)6)67-91(60-82)134-52-44-73(7)8)105-36-30-99(124-105)110(98-29-35-104(113)123-98)78-17-19-79(20-18-78)111-100-31-37-106(125-100)115(83-61-92(135-53-45-74(9)10)68-93(62-83)136-54-46-75(11)12)108-39-33-102(127-108)112(80-21-25-87(26-22-80)139-140(129,130)117(118,119)120)103-34-40-109(128-103)116(107-38-32-101(111)126-107)84-63-94(137-55-47-76(13)14)69-95(64-84)138-56-48-77(15)16/h17-40,57-77,121,124-125,128H,41-56H2,1-16H3. The van der Waals surface area contributed by atoms with Crippen molar-refractivity contribution in [1.82, 2.24) is 39.9 Å². The Kier molecular flexibility index (Phi) is 31.5. The van der Waals surface area contributed by atoms with Crippen LogP contribution in [0.3, 0.4) is 0 Å². The van der Waals surface area contributed by atoms with E-state index in [9.17, 15) is 21.6 Å². The summed E-state index contributed by atoms with van der Waals surface area (Å²) in [6.07, 6.45) is 22.9. The molecule has 0 saturated heterocycles. The van der Waals surface area contributed by atoms with Gasteiger partial charge in [0.15, 0.2) is 0 Å². The third kappa shape index (κ3) is 24.8. The van der Waals surface area contributed by atoms with E-state index in [0.29, 0.717) is 225 Å². The van der Waals surface area contributed by atoms with E-state index < -0.39 is 21.4 Å². The Morgan fingerprint density at radius 2 is 0.450 bits per heavy atom. The lowest BCUT2D eigenvalue weighted by Gasteiger charge is -2.15. The zero-order valence-electron chi connectivity index (χ0n) is 83.1. The van der Waals surface area contributed by atoms with E-state index in [1.807, 2.05) is 85.0 Å². The molecule has 0 unspecified atom stereocenters. The number of fused-ring (bicyclic) bond motifs is 16. The van der Waals surface area contributed by atoms with Gasteiger partial charge in [-0.3, -0.25) is 0 Å². The molecule has 0 amide bonds. The molecule has 0 spiro atoms. The highest BCUT2D eigenvalue weighted by Crippen LogP contribution is 2.47. The van der Waals surface area contributed by atoms with Gasteiger partial charge in [0.2, 0.25) is 0 Å². The summed E-state index contributed by atoms with van der Waals surface area (Å²) in [5.74, 6) is 7.74. The van der Waals surface area contributed by atoms with Crippen molar-refractivity contribution in [2.24, 2.45) is 47.3 Å². The summed E-state index contributed by atoms with van der Waals surface area (Å²) in [7, 11) is -6.03. The molecule has 140 heavy (non-hydrogen) atoms. The lowest BCUT2D eigenvalue weighted by molar-refractivity contribution is -0.0500. The van der Waals surface area contributed by atoms with Crippen LogP contribution in [0.4, 0.5) is 13.2 Å². The summed E-state index contributed by atoms with van der Waals surface area (Å²) in [5, 5.41) is 0. The second-order valence-electron chi connectivity index (χ2n) is 40.0. The summed E-state index contributed by atoms with van der Waals surface area (Å²) in [6, 6.07) is 56.9. The van der Waals surface area contributed by atoms with E-state index in [2.05, 4.69) is 246 Å². The normalized spacial score (nSPS) is 12.6. The Hall–Kier alpha value is -13.5. The van der Waals surface area contributed by atoms with E-state index in [4.69, 9.17) is 62.0 Å². The summed E-state index contributed by atoms with van der Waals surface area (Å²) >= 11 is 0. The maximum Gasteiger partial charge on any atom is 0.534 e. The molecule has 0 fully saturated rings. The monoisotopic (exact) mass is 1910 g/mol. The van der Waals surface area contributed by atoms with Gasteiger partial charge in [-0.05, 0) is 302 Å². The first-order chi connectivity index (χ1) is 67.2. The fraction of sp³-hybridized carbons (Fsp3) is 0.350. The van der Waals surface area contributed by atoms with Gasteiger partial charge in [-0.1, -0.05) is 147 Å².